The van der Waals surface area contributed by atoms with Crippen molar-refractivity contribution in [3.05, 3.63) is 23.8 Å². The van der Waals surface area contributed by atoms with Crippen LogP contribution in [0.4, 0.5) is 0 Å². The van der Waals surface area contributed by atoms with Gasteiger partial charge in [-0.05, 0) is 36.0 Å². The highest BCUT2D eigenvalue weighted by atomic mass is 16.5. The summed E-state index contributed by atoms with van der Waals surface area (Å²) in [4.78, 5) is 24.1. The Morgan fingerprint density at radius 3 is 2.54 bits per heavy atom. The molecule has 1 aromatic rings. The van der Waals surface area contributed by atoms with E-state index in [1.54, 1.807) is 25.3 Å². The lowest BCUT2D eigenvalue weighted by molar-refractivity contribution is -0.148. The van der Waals surface area contributed by atoms with E-state index >= 15 is 0 Å². The maximum absolute atomic E-state index is 12.1. The van der Waals surface area contributed by atoms with Crippen molar-refractivity contribution in [2.24, 2.45) is 11.8 Å². The predicted octanol–water partition coefficient (Wildman–Crippen LogP) is 2.73. The Balaban J connectivity index is 1.80. The van der Waals surface area contributed by atoms with Gasteiger partial charge in [0.15, 0.2) is 18.1 Å². The van der Waals surface area contributed by atoms with Crippen LogP contribution in [0.25, 0.3) is 0 Å². The van der Waals surface area contributed by atoms with E-state index in [1.807, 2.05) is 0 Å². The minimum Gasteiger partial charge on any atom is -0.493 e. The van der Waals surface area contributed by atoms with Gasteiger partial charge in [0.05, 0.1) is 20.6 Å². The van der Waals surface area contributed by atoms with Crippen molar-refractivity contribution in [1.82, 2.24) is 5.32 Å². The summed E-state index contributed by atoms with van der Waals surface area (Å²) >= 11 is 0. The molecule has 1 amide bonds. The number of benzene rings is 1. The van der Waals surface area contributed by atoms with Crippen LogP contribution < -0.4 is 14.8 Å². The second kappa shape index (κ2) is 9.46. The van der Waals surface area contributed by atoms with Crippen LogP contribution in [0.2, 0.25) is 0 Å². The van der Waals surface area contributed by atoms with E-state index in [-0.39, 0.29) is 25.0 Å². The monoisotopic (exact) mass is 363 g/mol. The van der Waals surface area contributed by atoms with Crippen molar-refractivity contribution in [3.8, 4) is 11.5 Å². The molecule has 1 fully saturated rings. The number of ether oxygens (including phenoxy) is 3. The summed E-state index contributed by atoms with van der Waals surface area (Å²) in [5.41, 5.74) is 0.739. The Kier molecular flexibility index (Phi) is 7.30. The number of esters is 1. The highest BCUT2D eigenvalue weighted by Gasteiger charge is 2.28. The molecule has 0 bridgehead atoms. The van der Waals surface area contributed by atoms with Gasteiger partial charge in [-0.1, -0.05) is 32.8 Å². The van der Waals surface area contributed by atoms with Crippen molar-refractivity contribution < 1.29 is 23.8 Å². The van der Waals surface area contributed by atoms with Gasteiger partial charge in [-0.15, -0.1) is 0 Å². The first-order chi connectivity index (χ1) is 12.4. The quantitative estimate of drug-likeness (QED) is 0.754. The van der Waals surface area contributed by atoms with E-state index in [4.69, 9.17) is 14.2 Å². The minimum atomic E-state index is -0.447. The molecule has 6 heteroatoms. The van der Waals surface area contributed by atoms with Gasteiger partial charge in [0.2, 0.25) is 0 Å². The van der Waals surface area contributed by atoms with E-state index in [0.29, 0.717) is 23.3 Å². The number of carbonyl (C=O) groups is 2. The number of methoxy groups -OCH3 is 2. The van der Waals surface area contributed by atoms with Gasteiger partial charge < -0.3 is 19.5 Å². The van der Waals surface area contributed by atoms with Crippen molar-refractivity contribution in [1.29, 1.82) is 0 Å². The number of nitrogens with one attached hydrogen (secondary N) is 1. The molecule has 3 atom stereocenters. The first-order valence-electron chi connectivity index (χ1n) is 9.10. The topological polar surface area (TPSA) is 73.9 Å². The molecule has 1 aromatic carbocycles. The van der Waals surface area contributed by atoms with Gasteiger partial charge in [-0.25, -0.2) is 0 Å². The molecule has 0 spiro atoms. The summed E-state index contributed by atoms with van der Waals surface area (Å²) in [6.07, 6.45) is 3.38. The van der Waals surface area contributed by atoms with Crippen LogP contribution in [0, 0.1) is 11.8 Å². The van der Waals surface area contributed by atoms with E-state index in [0.717, 1.165) is 18.4 Å². The largest absolute Gasteiger partial charge is 0.493 e. The zero-order chi connectivity index (χ0) is 19.1. The molecule has 1 N–H and O–H groups in total. The summed E-state index contributed by atoms with van der Waals surface area (Å²) in [7, 11) is 3.09. The van der Waals surface area contributed by atoms with Crippen molar-refractivity contribution in [3.63, 3.8) is 0 Å². The second-order valence-corrected chi connectivity index (χ2v) is 6.97. The van der Waals surface area contributed by atoms with E-state index in [1.165, 1.54) is 13.5 Å². The van der Waals surface area contributed by atoms with Crippen LogP contribution in [0.5, 0.6) is 11.5 Å². The summed E-state index contributed by atoms with van der Waals surface area (Å²) in [5.74, 6) is 1.50. The maximum Gasteiger partial charge on any atom is 0.310 e. The van der Waals surface area contributed by atoms with Crippen LogP contribution in [0.1, 0.15) is 38.7 Å². The molecule has 1 aliphatic carbocycles. The lowest BCUT2D eigenvalue weighted by atomic mass is 9.78. The van der Waals surface area contributed by atoms with Gasteiger partial charge in [0.1, 0.15) is 0 Å². The van der Waals surface area contributed by atoms with Crippen LogP contribution in [-0.2, 0) is 20.7 Å². The Morgan fingerprint density at radius 2 is 1.85 bits per heavy atom. The standard InChI is InChI=1S/C20H29NO5/c1-13-6-5-7-16(14(13)2)21-19(22)12-26-20(23)11-15-8-9-17(24-3)18(10-15)25-4/h8-10,13-14,16H,5-7,11-12H2,1-4H3,(H,21,22)/t13-,14-,16-/m0/s1. The Labute approximate surface area is 155 Å². The van der Waals surface area contributed by atoms with E-state index < -0.39 is 5.97 Å². The first kappa shape index (κ1) is 20.1. The van der Waals surface area contributed by atoms with Gasteiger partial charge in [-0.3, -0.25) is 9.59 Å². The molecule has 0 aliphatic heterocycles. The fraction of sp³-hybridized carbons (Fsp3) is 0.600. The summed E-state index contributed by atoms with van der Waals surface area (Å²) < 4.78 is 15.5. The van der Waals surface area contributed by atoms with Crippen LogP contribution in [0.15, 0.2) is 18.2 Å². The van der Waals surface area contributed by atoms with Crippen molar-refractivity contribution in [2.45, 2.75) is 45.6 Å². The first-order valence-corrected chi connectivity index (χ1v) is 9.10. The third-order valence-electron chi connectivity index (χ3n) is 5.21. The third-order valence-corrected chi connectivity index (χ3v) is 5.21. The molecule has 2 rings (SSSR count). The Morgan fingerprint density at radius 1 is 1.12 bits per heavy atom. The smallest absolute Gasteiger partial charge is 0.310 e. The number of hydrogen-bond donors (Lipinski definition) is 1. The van der Waals surface area contributed by atoms with E-state index in [2.05, 4.69) is 19.2 Å². The SMILES string of the molecule is COc1ccc(CC(=O)OCC(=O)N[C@H]2CCC[C@H](C)[C@@H]2C)cc1OC. The molecule has 0 radical (unpaired) electrons. The zero-order valence-corrected chi connectivity index (χ0v) is 16.0. The number of hydrogen-bond acceptors (Lipinski definition) is 5. The fourth-order valence-electron chi connectivity index (χ4n) is 3.39. The van der Waals surface area contributed by atoms with Gasteiger partial charge in [0, 0.05) is 6.04 Å². The predicted molar refractivity (Wildman–Crippen MR) is 98.3 cm³/mol. The summed E-state index contributed by atoms with van der Waals surface area (Å²) in [5, 5.41) is 3.00. The maximum atomic E-state index is 12.1. The Hall–Kier alpha value is -2.24. The molecular weight excluding hydrogens is 334 g/mol. The van der Waals surface area contributed by atoms with Gasteiger partial charge >= 0.3 is 5.97 Å². The van der Waals surface area contributed by atoms with Crippen LogP contribution in [0.3, 0.4) is 0 Å². The normalized spacial score (nSPS) is 22.4. The molecule has 26 heavy (non-hydrogen) atoms. The molecule has 6 nitrogen and oxygen atoms in total. The Bertz CT molecular complexity index is 631. The van der Waals surface area contributed by atoms with Crippen molar-refractivity contribution in [2.75, 3.05) is 20.8 Å². The van der Waals surface area contributed by atoms with Crippen molar-refractivity contribution >= 4 is 11.9 Å². The molecule has 0 heterocycles. The number of rotatable bonds is 7. The number of amides is 1. The average molecular weight is 363 g/mol. The highest BCUT2D eigenvalue weighted by Crippen LogP contribution is 2.29. The molecule has 0 aromatic heterocycles. The molecule has 0 unspecified atom stereocenters. The molecule has 144 valence electrons. The molecule has 1 saturated carbocycles. The lowest BCUT2D eigenvalue weighted by Crippen LogP contribution is -2.45. The van der Waals surface area contributed by atoms with Crippen LogP contribution in [-0.4, -0.2) is 38.7 Å². The molecular formula is C20H29NO5. The number of carbonyl (C=O) groups excluding carboxylic acids is 2. The second-order valence-electron chi connectivity index (χ2n) is 6.97. The summed E-state index contributed by atoms with van der Waals surface area (Å²) in [6, 6.07) is 5.40. The summed E-state index contributed by atoms with van der Waals surface area (Å²) in [6.45, 7) is 4.13. The highest BCUT2D eigenvalue weighted by molar-refractivity contribution is 5.81. The third kappa shape index (κ3) is 5.38. The zero-order valence-electron chi connectivity index (χ0n) is 16.0. The molecule has 1 aliphatic rings. The van der Waals surface area contributed by atoms with E-state index in [9.17, 15) is 9.59 Å². The fourth-order valence-corrected chi connectivity index (χ4v) is 3.39. The molecule has 0 saturated heterocycles. The van der Waals surface area contributed by atoms with Gasteiger partial charge in [0.25, 0.3) is 5.91 Å². The lowest BCUT2D eigenvalue weighted by Gasteiger charge is -2.34. The minimum absolute atomic E-state index is 0.0739. The van der Waals surface area contributed by atoms with Gasteiger partial charge in [-0.2, -0.15) is 0 Å². The van der Waals surface area contributed by atoms with Crippen LogP contribution >= 0.6 is 0 Å². The average Bonchev–Trinajstić information content (AvgIpc) is 2.63.